The number of para-hydroxylation sites is 2. The fourth-order valence-corrected chi connectivity index (χ4v) is 15.3. The summed E-state index contributed by atoms with van der Waals surface area (Å²) < 4.78 is 4.85. The molecule has 4 heterocycles. The Bertz CT molecular complexity index is 5270. The molecule has 2 aliphatic heterocycles. The van der Waals surface area contributed by atoms with Gasteiger partial charge in [0.15, 0.2) is 0 Å². The molecular formula is C91H90BN5. The molecule has 0 bridgehead atoms. The largest absolute Gasteiger partial charge is 0.311 e. The third-order valence-electron chi connectivity index (χ3n) is 21.0. The Balaban J connectivity index is 1.08. The van der Waals surface area contributed by atoms with Crippen LogP contribution in [0.2, 0.25) is 0 Å². The van der Waals surface area contributed by atoms with Crippen LogP contribution in [0.3, 0.4) is 0 Å². The number of nitrogens with zero attached hydrogens (tertiary/aromatic N) is 5. The number of hydrogen-bond donors (Lipinski definition) is 0. The molecule has 0 fully saturated rings. The van der Waals surface area contributed by atoms with Crippen LogP contribution >= 0.6 is 0 Å². The lowest BCUT2D eigenvalue weighted by molar-refractivity contribution is 0.569. The molecule has 2 aromatic heterocycles. The van der Waals surface area contributed by atoms with E-state index < -0.39 is 0 Å². The predicted octanol–water partition coefficient (Wildman–Crippen LogP) is 23.0. The topological polar surface area (TPSA) is 40.1 Å². The number of hydrogen-bond acceptors (Lipinski definition) is 3. The van der Waals surface area contributed by atoms with Gasteiger partial charge in [-0.25, -0.2) is 0 Å². The second-order valence-electron chi connectivity index (χ2n) is 33.9. The lowest BCUT2D eigenvalue weighted by Gasteiger charge is -2.45. The van der Waals surface area contributed by atoms with Crippen molar-refractivity contribution in [2.75, 3.05) is 9.80 Å². The number of anilines is 6. The molecule has 15 rings (SSSR count). The van der Waals surface area contributed by atoms with E-state index in [9.17, 15) is 5.26 Å². The minimum Gasteiger partial charge on any atom is -0.311 e. The minimum atomic E-state index is -0.294. The van der Waals surface area contributed by atoms with E-state index in [-0.39, 0.29) is 39.2 Å². The van der Waals surface area contributed by atoms with Gasteiger partial charge in [0, 0.05) is 61.2 Å². The zero-order chi connectivity index (χ0) is 68.4. The third-order valence-corrected chi connectivity index (χ3v) is 21.0. The lowest BCUT2D eigenvalue weighted by atomic mass is 9.33. The van der Waals surface area contributed by atoms with Gasteiger partial charge in [-0.3, -0.25) is 0 Å². The molecule has 0 amide bonds. The monoisotopic (exact) mass is 1260 g/mol. The summed E-state index contributed by atoms with van der Waals surface area (Å²) in [5.41, 5.74) is 29.1. The van der Waals surface area contributed by atoms with Gasteiger partial charge in [-0.05, 0) is 196 Å². The van der Waals surface area contributed by atoms with Crippen LogP contribution in [-0.2, 0) is 32.5 Å². The molecule has 0 saturated heterocycles. The molecule has 0 aliphatic carbocycles. The highest BCUT2D eigenvalue weighted by Gasteiger charge is 2.45. The van der Waals surface area contributed by atoms with Crippen molar-refractivity contribution in [1.29, 1.82) is 5.26 Å². The summed E-state index contributed by atoms with van der Waals surface area (Å²) in [4.78, 5) is 5.21. The van der Waals surface area contributed by atoms with Gasteiger partial charge in [0.05, 0.1) is 39.0 Å². The van der Waals surface area contributed by atoms with Crippen molar-refractivity contribution >= 4 is 101 Å². The molecule has 11 aromatic carbocycles. The SMILES string of the molecule is CC(C)(C)c1cc(-c2ccc3c(c2)N(c2ccc(C#N)c(-n4c5ccccc5c5ccccc54)c2)c2cc(C(C)(C)C)cc4c2B3c2ccc(-n3c5ccc(C(C)(C)C)cc5c5cc(C(C)(C)C)ccc53)cc2N4c2ccc(C(C)(C)C)cc2-c2ccccc2)cc(C(C)(C)C)c1. The van der Waals surface area contributed by atoms with Crippen LogP contribution in [0.5, 0.6) is 0 Å². The highest BCUT2D eigenvalue weighted by atomic mass is 15.2. The van der Waals surface area contributed by atoms with Gasteiger partial charge in [0.2, 0.25) is 0 Å². The van der Waals surface area contributed by atoms with Crippen molar-refractivity contribution < 1.29 is 0 Å². The molecule has 97 heavy (non-hydrogen) atoms. The Labute approximate surface area is 575 Å². The minimum absolute atomic E-state index is 0.0408. The maximum atomic E-state index is 11.3. The molecule has 0 spiro atoms. The van der Waals surface area contributed by atoms with Crippen LogP contribution < -0.4 is 26.2 Å². The van der Waals surface area contributed by atoms with Gasteiger partial charge in [0.25, 0.3) is 6.71 Å². The van der Waals surface area contributed by atoms with Crippen LogP contribution in [0.15, 0.2) is 218 Å². The Kier molecular flexibility index (Phi) is 14.4. The van der Waals surface area contributed by atoms with Crippen molar-refractivity contribution in [3.05, 3.63) is 257 Å². The highest BCUT2D eigenvalue weighted by Crippen LogP contribution is 2.51. The van der Waals surface area contributed by atoms with Crippen molar-refractivity contribution in [3.63, 3.8) is 0 Å². The third kappa shape index (κ3) is 10.6. The summed E-state index contributed by atoms with van der Waals surface area (Å²) in [6.07, 6.45) is 0. The Hall–Kier alpha value is -9.83. The maximum absolute atomic E-state index is 11.3. The Morgan fingerprint density at radius 1 is 0.289 bits per heavy atom. The first kappa shape index (κ1) is 63.2. The van der Waals surface area contributed by atoms with Crippen LogP contribution in [0.25, 0.3) is 77.2 Å². The molecule has 6 heteroatoms. The summed E-state index contributed by atoms with van der Waals surface area (Å²) in [6.45, 7) is 41.8. The molecule has 13 aromatic rings. The van der Waals surface area contributed by atoms with E-state index in [1.54, 1.807) is 0 Å². The van der Waals surface area contributed by atoms with Crippen molar-refractivity contribution in [2.24, 2.45) is 0 Å². The molecule has 0 N–H and O–H groups in total. The van der Waals surface area contributed by atoms with E-state index in [0.29, 0.717) is 5.56 Å². The van der Waals surface area contributed by atoms with Crippen LogP contribution in [0.1, 0.15) is 164 Å². The first-order chi connectivity index (χ1) is 45.8. The quantitative estimate of drug-likeness (QED) is 0.156. The average molecular weight is 1260 g/mol. The first-order valence-corrected chi connectivity index (χ1v) is 34.9. The van der Waals surface area contributed by atoms with E-state index in [2.05, 4.69) is 368 Å². The second kappa shape index (κ2) is 22.1. The van der Waals surface area contributed by atoms with Crippen molar-refractivity contribution in [1.82, 2.24) is 9.13 Å². The molecule has 0 saturated carbocycles. The van der Waals surface area contributed by atoms with Crippen molar-refractivity contribution in [2.45, 2.75) is 157 Å². The van der Waals surface area contributed by atoms with Gasteiger partial charge in [-0.1, -0.05) is 246 Å². The fourth-order valence-electron chi connectivity index (χ4n) is 15.3. The number of rotatable bonds is 6. The highest BCUT2D eigenvalue weighted by molar-refractivity contribution is 7.00. The summed E-state index contributed by atoms with van der Waals surface area (Å²) in [7, 11) is 0. The van der Waals surface area contributed by atoms with Gasteiger partial charge in [0.1, 0.15) is 6.07 Å². The fraction of sp³-hybridized carbons (Fsp3) is 0.264. The number of benzene rings is 11. The van der Waals surface area contributed by atoms with E-state index in [1.807, 2.05) is 0 Å². The molecule has 482 valence electrons. The zero-order valence-electron chi connectivity index (χ0n) is 60.1. The van der Waals surface area contributed by atoms with E-state index in [0.717, 1.165) is 78.4 Å². The first-order valence-electron chi connectivity index (χ1n) is 34.9. The molecule has 0 unspecified atom stereocenters. The molecule has 5 nitrogen and oxygen atoms in total. The summed E-state index contributed by atoms with van der Waals surface area (Å²) in [5, 5.41) is 16.1. The standard InChI is InChI=1S/C91H90BN5/c1-86(2,3)60-34-41-77(70(48-60)56-26-20-19-21-27-56)97-82-54-67(94-78-42-35-61(87(4,5)6)49-71(78)72-50-62(88(7,8)9)36-43-79(72)94)38-40-74(82)92-73-39-33-57(59-44-63(89(10,11)12)47-64(45-59)90(13,14)15)46-81(73)95(83-51-65(91(16,17)18)52-84(97)85(83)92)66-37-32-58(55-93)80(53-66)96-75-30-24-22-28-68(75)69-29-23-25-31-76(69)96/h19-54H,1-18H3. The summed E-state index contributed by atoms with van der Waals surface area (Å²) in [6, 6.07) is 86.2. The molecule has 0 atom stereocenters. The number of fused-ring (bicyclic) bond motifs is 10. The average Bonchev–Trinajstić information content (AvgIpc) is 1.08. The van der Waals surface area contributed by atoms with Crippen molar-refractivity contribution in [3.8, 4) is 39.7 Å². The number of aromatic nitrogens is 2. The van der Waals surface area contributed by atoms with E-state index in [1.165, 1.54) is 82.7 Å². The van der Waals surface area contributed by atoms with Gasteiger partial charge >= 0.3 is 0 Å². The normalized spacial score (nSPS) is 13.6. The van der Waals surface area contributed by atoms with Gasteiger partial charge in [-0.15, -0.1) is 0 Å². The Morgan fingerprint density at radius 2 is 0.742 bits per heavy atom. The van der Waals surface area contributed by atoms with E-state index >= 15 is 0 Å². The summed E-state index contributed by atoms with van der Waals surface area (Å²) in [5.74, 6) is 0. The van der Waals surface area contributed by atoms with Crippen LogP contribution in [0, 0.1) is 11.3 Å². The zero-order valence-corrected chi connectivity index (χ0v) is 60.1. The summed E-state index contributed by atoms with van der Waals surface area (Å²) >= 11 is 0. The smallest absolute Gasteiger partial charge is 0.252 e. The van der Waals surface area contributed by atoms with E-state index in [4.69, 9.17) is 0 Å². The maximum Gasteiger partial charge on any atom is 0.252 e. The lowest BCUT2D eigenvalue weighted by Crippen LogP contribution is -2.61. The predicted molar refractivity (Wildman–Crippen MR) is 417 cm³/mol. The van der Waals surface area contributed by atoms with Crippen LogP contribution in [-0.4, -0.2) is 15.8 Å². The molecule has 2 aliphatic rings. The van der Waals surface area contributed by atoms with Gasteiger partial charge in [-0.2, -0.15) is 5.26 Å². The van der Waals surface area contributed by atoms with Gasteiger partial charge < -0.3 is 18.9 Å². The molecular weight excluding hydrogens is 1170 g/mol. The van der Waals surface area contributed by atoms with Crippen LogP contribution in [0.4, 0.5) is 34.1 Å². The Morgan fingerprint density at radius 3 is 1.29 bits per heavy atom. The number of nitriles is 1. The second-order valence-corrected chi connectivity index (χ2v) is 33.9. The molecule has 0 radical (unpaired) electrons.